The van der Waals surface area contributed by atoms with Gasteiger partial charge in [-0.3, -0.25) is 0 Å². The average molecular weight is 270 g/mol. The molecular formula is C13H13F3N2O. The maximum Gasteiger partial charge on any atom is 0.403 e. The zero-order chi connectivity index (χ0) is 13.5. The Labute approximate surface area is 108 Å². The molecule has 102 valence electrons. The minimum Gasteiger partial charge on any atom is -0.381 e. The van der Waals surface area contributed by atoms with Gasteiger partial charge in [0.2, 0.25) is 0 Å². The third-order valence-electron chi connectivity index (χ3n) is 3.27. The number of fused-ring (bicyclic) bond motifs is 2. The second-order valence-electron chi connectivity index (χ2n) is 4.57. The monoisotopic (exact) mass is 270 g/mol. The van der Waals surface area contributed by atoms with Crippen LogP contribution in [-0.2, 0) is 4.84 Å². The van der Waals surface area contributed by atoms with Crippen LogP contribution in [0.5, 0.6) is 0 Å². The molecule has 0 saturated heterocycles. The summed E-state index contributed by atoms with van der Waals surface area (Å²) in [6, 6.07) is 7.42. The maximum atomic E-state index is 13.1. The summed E-state index contributed by atoms with van der Waals surface area (Å²) < 4.78 is 38.3. The Bertz CT molecular complexity index is 530. The zero-order valence-corrected chi connectivity index (χ0v) is 10.1. The average Bonchev–Trinajstić information content (AvgIpc) is 2.82. The van der Waals surface area contributed by atoms with Crippen LogP contribution in [0.25, 0.3) is 5.70 Å². The van der Waals surface area contributed by atoms with Crippen LogP contribution in [-0.4, -0.2) is 30.9 Å². The van der Waals surface area contributed by atoms with Gasteiger partial charge in [0.15, 0.2) is 6.67 Å². The summed E-state index contributed by atoms with van der Waals surface area (Å²) in [4.78, 5) is 4.51. The molecule has 2 aliphatic heterocycles. The summed E-state index contributed by atoms with van der Waals surface area (Å²) in [5.74, 6) is 0. The number of hydrogen-bond donors (Lipinski definition) is 1. The van der Waals surface area contributed by atoms with E-state index in [0.717, 1.165) is 21.9 Å². The SMILES string of the molecule is FCC(F)(F)ON1CCC2=C1c1ccccc1NC2. The molecule has 0 radical (unpaired) electrons. The lowest BCUT2D eigenvalue weighted by molar-refractivity contribution is -0.336. The predicted octanol–water partition coefficient (Wildman–Crippen LogP) is 3.02. The summed E-state index contributed by atoms with van der Waals surface area (Å²) in [5.41, 5.74) is 3.34. The fraction of sp³-hybridized carbons (Fsp3) is 0.385. The van der Waals surface area contributed by atoms with Crippen LogP contribution < -0.4 is 5.32 Å². The Balaban J connectivity index is 1.93. The molecule has 2 aliphatic rings. The van der Waals surface area contributed by atoms with Crippen LogP contribution >= 0.6 is 0 Å². The second-order valence-corrected chi connectivity index (χ2v) is 4.57. The molecule has 0 aliphatic carbocycles. The Morgan fingerprint density at radius 3 is 2.89 bits per heavy atom. The molecule has 0 unspecified atom stereocenters. The summed E-state index contributed by atoms with van der Waals surface area (Å²) in [7, 11) is 0. The molecular weight excluding hydrogens is 257 g/mol. The van der Waals surface area contributed by atoms with Gasteiger partial charge in [0.25, 0.3) is 0 Å². The van der Waals surface area contributed by atoms with Gasteiger partial charge >= 0.3 is 6.11 Å². The molecule has 3 nitrogen and oxygen atoms in total. The van der Waals surface area contributed by atoms with Crippen molar-refractivity contribution in [3.63, 3.8) is 0 Å². The number of nitrogens with one attached hydrogen (secondary N) is 1. The number of rotatable bonds is 3. The van der Waals surface area contributed by atoms with E-state index in [1.165, 1.54) is 0 Å². The van der Waals surface area contributed by atoms with Crippen molar-refractivity contribution in [3.05, 3.63) is 35.4 Å². The van der Waals surface area contributed by atoms with Gasteiger partial charge < -0.3 is 5.32 Å². The van der Waals surface area contributed by atoms with Crippen molar-refractivity contribution in [2.24, 2.45) is 0 Å². The third-order valence-corrected chi connectivity index (χ3v) is 3.27. The van der Waals surface area contributed by atoms with Crippen molar-refractivity contribution in [3.8, 4) is 0 Å². The van der Waals surface area contributed by atoms with Gasteiger partial charge in [-0.2, -0.15) is 13.6 Å². The van der Waals surface area contributed by atoms with Crippen LogP contribution in [0.15, 0.2) is 29.8 Å². The van der Waals surface area contributed by atoms with Crippen molar-refractivity contribution in [2.75, 3.05) is 25.1 Å². The summed E-state index contributed by atoms with van der Waals surface area (Å²) in [5, 5.41) is 4.35. The fourth-order valence-electron chi connectivity index (χ4n) is 2.46. The first kappa shape index (κ1) is 12.3. The largest absolute Gasteiger partial charge is 0.403 e. The van der Waals surface area contributed by atoms with Gasteiger partial charge in [-0.05, 0) is 18.1 Å². The lowest BCUT2D eigenvalue weighted by Gasteiger charge is -2.28. The molecule has 6 heteroatoms. The van der Waals surface area contributed by atoms with E-state index in [2.05, 4.69) is 10.2 Å². The van der Waals surface area contributed by atoms with Crippen LogP contribution in [0.2, 0.25) is 0 Å². The van der Waals surface area contributed by atoms with E-state index in [-0.39, 0.29) is 0 Å². The highest BCUT2D eigenvalue weighted by molar-refractivity contribution is 5.81. The number of nitrogens with zero attached hydrogens (tertiary/aromatic N) is 1. The predicted molar refractivity (Wildman–Crippen MR) is 65.2 cm³/mol. The van der Waals surface area contributed by atoms with Crippen molar-refractivity contribution in [2.45, 2.75) is 12.5 Å². The number of hydrogen-bond acceptors (Lipinski definition) is 3. The number of halogens is 3. The molecule has 0 atom stereocenters. The molecule has 0 saturated carbocycles. The molecule has 1 aromatic carbocycles. The van der Waals surface area contributed by atoms with Gasteiger partial charge in [-0.1, -0.05) is 18.2 Å². The number of benzene rings is 1. The van der Waals surface area contributed by atoms with Crippen LogP contribution in [0.3, 0.4) is 0 Å². The van der Waals surface area contributed by atoms with Crippen LogP contribution in [0.1, 0.15) is 12.0 Å². The quantitative estimate of drug-likeness (QED) is 0.913. The Hall–Kier alpha value is -1.69. The summed E-state index contributed by atoms with van der Waals surface area (Å²) >= 11 is 0. The molecule has 0 spiro atoms. The molecule has 1 aromatic rings. The number of alkyl halides is 3. The lowest BCUT2D eigenvalue weighted by atomic mass is 10.0. The maximum absolute atomic E-state index is 13.1. The first-order valence-electron chi connectivity index (χ1n) is 6.06. The Morgan fingerprint density at radius 2 is 2.11 bits per heavy atom. The number of hydroxylamine groups is 2. The van der Waals surface area contributed by atoms with Gasteiger partial charge in [0.1, 0.15) is 0 Å². The van der Waals surface area contributed by atoms with Crippen LogP contribution in [0.4, 0.5) is 18.9 Å². The van der Waals surface area contributed by atoms with Crippen molar-refractivity contribution in [1.29, 1.82) is 0 Å². The van der Waals surface area contributed by atoms with Crippen molar-refractivity contribution < 1.29 is 18.0 Å². The first-order chi connectivity index (χ1) is 9.11. The zero-order valence-electron chi connectivity index (χ0n) is 10.1. The van der Waals surface area contributed by atoms with E-state index in [4.69, 9.17) is 0 Å². The lowest BCUT2D eigenvalue weighted by Crippen LogP contribution is -2.34. The highest BCUT2D eigenvalue weighted by atomic mass is 19.3. The van der Waals surface area contributed by atoms with Crippen molar-refractivity contribution in [1.82, 2.24) is 5.06 Å². The minimum atomic E-state index is -3.78. The number of para-hydroxylation sites is 1. The second kappa shape index (κ2) is 4.45. The van der Waals surface area contributed by atoms with Gasteiger partial charge in [-0.15, -0.1) is 0 Å². The van der Waals surface area contributed by atoms with E-state index >= 15 is 0 Å². The van der Waals surface area contributed by atoms with Gasteiger partial charge in [-0.25, -0.2) is 9.45 Å². The third kappa shape index (κ3) is 2.16. The Kier molecular flexibility index (Phi) is 2.89. The molecule has 0 aromatic heterocycles. The number of anilines is 1. The van der Waals surface area contributed by atoms with Crippen LogP contribution in [0, 0.1) is 0 Å². The summed E-state index contributed by atoms with van der Waals surface area (Å²) in [6.45, 7) is -0.907. The van der Waals surface area contributed by atoms with E-state index in [9.17, 15) is 13.2 Å². The first-order valence-corrected chi connectivity index (χ1v) is 6.06. The highest BCUT2D eigenvalue weighted by Crippen LogP contribution is 2.40. The molecule has 2 heterocycles. The topological polar surface area (TPSA) is 24.5 Å². The normalized spacial score (nSPS) is 18.2. The smallest absolute Gasteiger partial charge is 0.381 e. The molecule has 3 rings (SSSR count). The Morgan fingerprint density at radius 1 is 1.32 bits per heavy atom. The molecule has 0 fully saturated rings. The molecule has 0 bridgehead atoms. The highest BCUT2D eigenvalue weighted by Gasteiger charge is 2.38. The van der Waals surface area contributed by atoms with E-state index in [1.807, 2.05) is 24.3 Å². The van der Waals surface area contributed by atoms with Gasteiger partial charge in [0, 0.05) is 24.3 Å². The van der Waals surface area contributed by atoms with E-state index in [1.54, 1.807) is 0 Å². The standard InChI is InChI=1S/C13H13F3N2O/c14-8-13(15,16)19-18-6-5-9-7-17-11-4-2-1-3-10(11)12(9)18/h1-4,17H,5-8H2. The van der Waals surface area contributed by atoms with Gasteiger partial charge in [0.05, 0.1) is 5.70 Å². The minimum absolute atomic E-state index is 0.316. The van der Waals surface area contributed by atoms with E-state index in [0.29, 0.717) is 25.2 Å². The molecule has 0 amide bonds. The fourth-order valence-corrected chi connectivity index (χ4v) is 2.46. The summed E-state index contributed by atoms with van der Waals surface area (Å²) in [6.07, 6.45) is -3.14. The van der Waals surface area contributed by atoms with Crippen molar-refractivity contribution >= 4 is 11.4 Å². The molecule has 19 heavy (non-hydrogen) atoms. The molecule has 1 N–H and O–H groups in total. The van der Waals surface area contributed by atoms with E-state index < -0.39 is 12.8 Å².